The van der Waals surface area contributed by atoms with Crippen molar-refractivity contribution in [1.29, 1.82) is 0 Å². The molecule has 0 bridgehead atoms. The van der Waals surface area contributed by atoms with Crippen LogP contribution in [-0.4, -0.2) is 73.7 Å². The van der Waals surface area contributed by atoms with Gasteiger partial charge < -0.3 is 19.3 Å². The number of likely N-dealkylation sites (tertiary alicyclic amines) is 1. The third-order valence-corrected chi connectivity index (χ3v) is 6.54. The van der Waals surface area contributed by atoms with E-state index in [1.54, 1.807) is 7.11 Å². The lowest BCUT2D eigenvalue weighted by atomic mass is 9.86. The molecule has 2 saturated heterocycles. The van der Waals surface area contributed by atoms with Crippen LogP contribution in [0.25, 0.3) is 0 Å². The molecule has 0 radical (unpaired) electrons. The van der Waals surface area contributed by atoms with Crippen molar-refractivity contribution >= 4 is 11.8 Å². The average molecular weight is 381 g/mol. The van der Waals surface area contributed by atoms with E-state index in [1.807, 2.05) is 9.80 Å². The molecule has 0 spiro atoms. The van der Waals surface area contributed by atoms with Gasteiger partial charge in [-0.05, 0) is 31.6 Å². The maximum Gasteiger partial charge on any atom is 0.249 e. The summed E-state index contributed by atoms with van der Waals surface area (Å²) in [6.07, 6.45) is 10.9. The van der Waals surface area contributed by atoms with E-state index >= 15 is 0 Å². The number of rotatable bonds is 7. The van der Waals surface area contributed by atoms with E-state index in [0.717, 1.165) is 38.1 Å². The zero-order valence-corrected chi connectivity index (χ0v) is 16.9. The lowest BCUT2D eigenvalue weighted by molar-refractivity contribution is -0.143. The number of nitrogens with zero attached hydrogens (tertiary/aromatic N) is 2. The zero-order valence-electron chi connectivity index (χ0n) is 16.9. The molecule has 3 aliphatic rings. The monoisotopic (exact) mass is 380 g/mol. The highest BCUT2D eigenvalue weighted by Crippen LogP contribution is 2.28. The molecule has 0 aromatic carbocycles. The summed E-state index contributed by atoms with van der Waals surface area (Å²) in [4.78, 5) is 29.4. The largest absolute Gasteiger partial charge is 0.381 e. The fraction of sp³-hybridized carbons (Fsp3) is 0.905. The molecule has 3 fully saturated rings. The molecule has 6 nitrogen and oxygen atoms in total. The Morgan fingerprint density at radius 2 is 1.78 bits per heavy atom. The maximum atomic E-state index is 12.7. The average Bonchev–Trinajstić information content (AvgIpc) is 3.18. The van der Waals surface area contributed by atoms with E-state index < -0.39 is 0 Å². The van der Waals surface area contributed by atoms with Crippen molar-refractivity contribution in [3.63, 3.8) is 0 Å². The standard InChI is InChI=1S/C21H36N2O4/c1-26-16-21(25)23(18-10-13-27-14-11-18)19-9-12-22(15-19)20(24)8-7-17-5-3-2-4-6-17/h17-19H,2-16H2,1H3. The van der Waals surface area contributed by atoms with Gasteiger partial charge in [-0.1, -0.05) is 32.1 Å². The molecule has 6 heteroatoms. The number of carbonyl (C=O) groups is 2. The van der Waals surface area contributed by atoms with Crippen LogP contribution in [0.4, 0.5) is 0 Å². The molecule has 0 aromatic heterocycles. The van der Waals surface area contributed by atoms with E-state index in [0.29, 0.717) is 26.2 Å². The summed E-state index contributed by atoms with van der Waals surface area (Å²) in [7, 11) is 1.57. The van der Waals surface area contributed by atoms with Gasteiger partial charge in [-0.15, -0.1) is 0 Å². The third kappa shape index (κ3) is 5.67. The summed E-state index contributed by atoms with van der Waals surface area (Å²) >= 11 is 0. The first-order chi connectivity index (χ1) is 13.2. The molecule has 1 aliphatic carbocycles. The minimum absolute atomic E-state index is 0.0471. The summed E-state index contributed by atoms with van der Waals surface area (Å²) in [6.45, 7) is 2.98. The van der Waals surface area contributed by atoms with E-state index in [1.165, 1.54) is 32.1 Å². The van der Waals surface area contributed by atoms with Crippen molar-refractivity contribution < 1.29 is 19.1 Å². The van der Waals surface area contributed by atoms with E-state index in [9.17, 15) is 9.59 Å². The third-order valence-electron chi connectivity index (χ3n) is 6.54. The molecule has 154 valence electrons. The second-order valence-electron chi connectivity index (χ2n) is 8.40. The van der Waals surface area contributed by atoms with Crippen LogP contribution in [-0.2, 0) is 19.1 Å². The van der Waals surface area contributed by atoms with Crippen molar-refractivity contribution in [1.82, 2.24) is 9.80 Å². The summed E-state index contributed by atoms with van der Waals surface area (Å²) in [6, 6.07) is 0.332. The maximum absolute atomic E-state index is 12.7. The van der Waals surface area contributed by atoms with Crippen LogP contribution in [0.2, 0.25) is 0 Å². The Bertz CT molecular complexity index is 487. The fourth-order valence-electron chi connectivity index (χ4n) is 5.02. The molecular weight excluding hydrogens is 344 g/mol. The second kappa shape index (κ2) is 10.4. The summed E-state index contributed by atoms with van der Waals surface area (Å²) in [5, 5.41) is 0. The van der Waals surface area contributed by atoms with Gasteiger partial charge in [0.25, 0.3) is 0 Å². The smallest absolute Gasteiger partial charge is 0.249 e. The van der Waals surface area contributed by atoms with E-state index in [-0.39, 0.29) is 30.5 Å². The predicted molar refractivity (Wildman–Crippen MR) is 103 cm³/mol. The molecule has 2 heterocycles. The van der Waals surface area contributed by atoms with Crippen molar-refractivity contribution in [2.75, 3.05) is 40.0 Å². The number of carbonyl (C=O) groups excluding carboxylic acids is 2. The molecule has 27 heavy (non-hydrogen) atoms. The predicted octanol–water partition coefficient (Wildman–Crippen LogP) is 2.60. The topological polar surface area (TPSA) is 59.1 Å². The zero-order chi connectivity index (χ0) is 19.1. The van der Waals surface area contributed by atoms with Crippen LogP contribution in [0, 0.1) is 5.92 Å². The lowest BCUT2D eigenvalue weighted by Crippen LogP contribution is -2.51. The number of amides is 2. The quantitative estimate of drug-likeness (QED) is 0.681. The fourth-order valence-corrected chi connectivity index (χ4v) is 5.02. The van der Waals surface area contributed by atoms with Gasteiger partial charge >= 0.3 is 0 Å². The Balaban J connectivity index is 1.52. The van der Waals surface area contributed by atoms with Crippen LogP contribution in [0.3, 0.4) is 0 Å². The van der Waals surface area contributed by atoms with Crippen LogP contribution in [0.5, 0.6) is 0 Å². The van der Waals surface area contributed by atoms with Crippen molar-refractivity contribution in [2.45, 2.75) is 76.3 Å². The molecule has 0 N–H and O–H groups in total. The number of methoxy groups -OCH3 is 1. The molecule has 1 saturated carbocycles. The van der Waals surface area contributed by atoms with Crippen LogP contribution < -0.4 is 0 Å². The first-order valence-corrected chi connectivity index (χ1v) is 10.8. The highest BCUT2D eigenvalue weighted by Gasteiger charge is 2.37. The van der Waals surface area contributed by atoms with Gasteiger partial charge in [0.05, 0.1) is 6.04 Å². The number of hydrogen-bond donors (Lipinski definition) is 0. The van der Waals surface area contributed by atoms with Crippen molar-refractivity contribution in [2.24, 2.45) is 5.92 Å². The second-order valence-corrected chi connectivity index (χ2v) is 8.40. The molecule has 2 amide bonds. The lowest BCUT2D eigenvalue weighted by Gasteiger charge is -2.38. The minimum atomic E-state index is 0.0471. The Morgan fingerprint density at radius 3 is 2.48 bits per heavy atom. The number of ether oxygens (including phenoxy) is 2. The molecular formula is C21H36N2O4. The van der Waals surface area contributed by atoms with Gasteiger partial charge in [0, 0.05) is 45.9 Å². The van der Waals surface area contributed by atoms with Gasteiger partial charge in [-0.3, -0.25) is 9.59 Å². The molecule has 2 aliphatic heterocycles. The molecule has 3 rings (SSSR count). The number of hydrogen-bond acceptors (Lipinski definition) is 4. The van der Waals surface area contributed by atoms with E-state index in [2.05, 4.69) is 0 Å². The van der Waals surface area contributed by atoms with Gasteiger partial charge in [-0.25, -0.2) is 0 Å². The van der Waals surface area contributed by atoms with Gasteiger partial charge in [0.15, 0.2) is 0 Å². The highest BCUT2D eigenvalue weighted by molar-refractivity contribution is 5.79. The molecule has 1 atom stereocenters. The summed E-state index contributed by atoms with van der Waals surface area (Å²) < 4.78 is 10.6. The van der Waals surface area contributed by atoms with Crippen LogP contribution >= 0.6 is 0 Å². The SMILES string of the molecule is COCC(=O)N(C1CCOCC1)C1CCN(C(=O)CCC2CCCCC2)C1. The van der Waals surface area contributed by atoms with E-state index in [4.69, 9.17) is 9.47 Å². The normalized spacial score (nSPS) is 24.9. The van der Waals surface area contributed by atoms with Crippen LogP contribution in [0.1, 0.15) is 64.2 Å². The first-order valence-electron chi connectivity index (χ1n) is 10.8. The highest BCUT2D eigenvalue weighted by atomic mass is 16.5. The van der Waals surface area contributed by atoms with Crippen LogP contribution in [0.15, 0.2) is 0 Å². The van der Waals surface area contributed by atoms with Gasteiger partial charge in [0.2, 0.25) is 11.8 Å². The summed E-state index contributed by atoms with van der Waals surface area (Å²) in [5.74, 6) is 1.06. The Kier molecular flexibility index (Phi) is 7.94. The molecule has 0 aromatic rings. The Hall–Kier alpha value is -1.14. The Morgan fingerprint density at radius 1 is 1.04 bits per heavy atom. The van der Waals surface area contributed by atoms with Gasteiger partial charge in [-0.2, -0.15) is 0 Å². The van der Waals surface area contributed by atoms with Crippen molar-refractivity contribution in [3.05, 3.63) is 0 Å². The summed E-state index contributed by atoms with van der Waals surface area (Å²) in [5.41, 5.74) is 0. The minimum Gasteiger partial charge on any atom is -0.381 e. The van der Waals surface area contributed by atoms with Gasteiger partial charge in [0.1, 0.15) is 6.61 Å². The molecule has 1 unspecified atom stereocenters. The van der Waals surface area contributed by atoms with Crippen molar-refractivity contribution in [3.8, 4) is 0 Å². The Labute approximate surface area is 163 Å². The first kappa shape index (κ1) is 20.6.